The molecule has 166 valence electrons. The predicted octanol–water partition coefficient (Wildman–Crippen LogP) is 3.01. The molecule has 1 heterocycles. The van der Waals surface area contributed by atoms with Gasteiger partial charge in [0.2, 0.25) is 11.8 Å². The number of esters is 1. The third-order valence-corrected chi connectivity index (χ3v) is 8.68. The highest BCUT2D eigenvalue weighted by Gasteiger charge is 2.66. The van der Waals surface area contributed by atoms with Gasteiger partial charge in [-0.3, -0.25) is 24.1 Å². The van der Waals surface area contributed by atoms with E-state index in [4.69, 9.17) is 27.9 Å². The lowest BCUT2D eigenvalue weighted by Gasteiger charge is -2.28. The van der Waals surface area contributed by atoms with Crippen molar-refractivity contribution in [3.63, 3.8) is 0 Å². The molecule has 0 aromatic heterocycles. The molecule has 3 fully saturated rings. The minimum atomic E-state index is -0.822. The first kappa shape index (κ1) is 22.6. The summed E-state index contributed by atoms with van der Waals surface area (Å²) < 4.78 is 5.93. The van der Waals surface area contributed by atoms with Crippen molar-refractivity contribution in [2.75, 3.05) is 18.5 Å². The highest BCUT2D eigenvalue weighted by atomic mass is 79.9. The number of alkyl halides is 2. The van der Waals surface area contributed by atoms with Gasteiger partial charge in [-0.25, -0.2) is 0 Å². The first-order valence-electron chi connectivity index (χ1n) is 9.95. The SMILES string of the molecule is Cc1cc(NC(=O)COC(=O)CN2C(=O)[C@@H]3[C@H]4C[C@@H]([C@H](Cl)[C@H]4Cl)[C@@H]3C2=O)c(C)cc1Br. The molecule has 2 aliphatic carbocycles. The lowest BCUT2D eigenvalue weighted by molar-refractivity contribution is -0.154. The molecular formula is C21H21BrCl2N2O5. The fourth-order valence-electron chi connectivity index (χ4n) is 4.99. The summed E-state index contributed by atoms with van der Waals surface area (Å²) in [7, 11) is 0. The van der Waals surface area contributed by atoms with E-state index in [-0.39, 0.29) is 22.6 Å². The molecule has 0 unspecified atom stereocenters. The van der Waals surface area contributed by atoms with Crippen molar-refractivity contribution < 1.29 is 23.9 Å². The monoisotopic (exact) mass is 530 g/mol. The predicted molar refractivity (Wildman–Crippen MR) is 118 cm³/mol. The van der Waals surface area contributed by atoms with E-state index in [0.29, 0.717) is 12.1 Å². The molecule has 1 N–H and O–H groups in total. The number of amides is 3. The number of imide groups is 1. The van der Waals surface area contributed by atoms with Crippen LogP contribution in [0.1, 0.15) is 17.5 Å². The number of benzene rings is 1. The Kier molecular flexibility index (Phi) is 6.09. The zero-order valence-electron chi connectivity index (χ0n) is 16.9. The van der Waals surface area contributed by atoms with Gasteiger partial charge in [0.15, 0.2) is 6.61 Å². The maximum absolute atomic E-state index is 12.8. The highest BCUT2D eigenvalue weighted by molar-refractivity contribution is 9.10. The van der Waals surface area contributed by atoms with E-state index in [1.54, 1.807) is 0 Å². The Labute approximate surface area is 197 Å². The van der Waals surface area contributed by atoms with Crippen LogP contribution >= 0.6 is 39.1 Å². The number of carbonyl (C=O) groups is 4. The van der Waals surface area contributed by atoms with Gasteiger partial charge in [0.1, 0.15) is 6.54 Å². The molecule has 10 heteroatoms. The van der Waals surface area contributed by atoms with Crippen molar-refractivity contribution in [1.29, 1.82) is 0 Å². The molecule has 2 saturated carbocycles. The first-order chi connectivity index (χ1) is 14.6. The number of ether oxygens (including phenoxy) is 1. The van der Waals surface area contributed by atoms with E-state index < -0.39 is 48.7 Å². The molecule has 1 aromatic rings. The topological polar surface area (TPSA) is 92.8 Å². The molecule has 0 spiro atoms. The van der Waals surface area contributed by atoms with Crippen molar-refractivity contribution in [3.05, 3.63) is 27.7 Å². The molecular weight excluding hydrogens is 511 g/mol. The van der Waals surface area contributed by atoms with Crippen molar-refractivity contribution in [2.24, 2.45) is 23.7 Å². The number of nitrogens with zero attached hydrogens (tertiary/aromatic N) is 1. The summed E-state index contributed by atoms with van der Waals surface area (Å²) in [5, 5.41) is 1.98. The Bertz CT molecular complexity index is 955. The van der Waals surface area contributed by atoms with Gasteiger partial charge in [0.25, 0.3) is 5.91 Å². The standard InChI is InChI=1S/C21H21BrCl2N2O5/c1-8-4-13(9(2)3-12(8)22)25-14(27)7-31-15(28)6-26-20(29)16-10-5-11(17(16)21(26)30)19(24)18(10)23/h3-4,10-11,16-19H,5-7H2,1-2H3,(H,25,27)/t10-,11-,16-,17+,18+,19+/m1/s1. The number of carbonyl (C=O) groups excluding carboxylic acids is 4. The van der Waals surface area contributed by atoms with E-state index >= 15 is 0 Å². The molecule has 3 amide bonds. The summed E-state index contributed by atoms with van der Waals surface area (Å²) in [4.78, 5) is 50.9. The first-order valence-corrected chi connectivity index (χ1v) is 11.6. The molecule has 6 atom stereocenters. The number of fused-ring (bicyclic) bond motifs is 5. The summed E-state index contributed by atoms with van der Waals surface area (Å²) in [5.74, 6) is -3.48. The molecule has 7 nitrogen and oxygen atoms in total. The Morgan fingerprint density at radius 1 is 1.10 bits per heavy atom. The molecule has 1 aromatic carbocycles. The molecule has 1 aliphatic heterocycles. The number of likely N-dealkylation sites (tertiary alicyclic amines) is 1. The summed E-state index contributed by atoms with van der Waals surface area (Å²) in [5.41, 5.74) is 2.41. The Morgan fingerprint density at radius 2 is 1.68 bits per heavy atom. The van der Waals surface area contributed by atoms with Crippen molar-refractivity contribution >= 4 is 68.5 Å². The van der Waals surface area contributed by atoms with E-state index in [1.165, 1.54) is 0 Å². The van der Waals surface area contributed by atoms with Gasteiger partial charge in [-0.05, 0) is 55.4 Å². The van der Waals surface area contributed by atoms with Crippen molar-refractivity contribution in [1.82, 2.24) is 4.90 Å². The van der Waals surface area contributed by atoms with E-state index in [2.05, 4.69) is 21.2 Å². The lowest BCUT2D eigenvalue weighted by Crippen LogP contribution is -2.38. The summed E-state index contributed by atoms with van der Waals surface area (Å²) in [6.07, 6.45) is 0.655. The van der Waals surface area contributed by atoms with Crippen LogP contribution in [0, 0.1) is 37.5 Å². The smallest absolute Gasteiger partial charge is 0.326 e. The number of halogens is 3. The third kappa shape index (κ3) is 3.87. The Hall–Kier alpha value is -1.64. The fraction of sp³-hybridized carbons (Fsp3) is 0.524. The molecule has 2 bridgehead atoms. The number of hydrogen-bond acceptors (Lipinski definition) is 5. The maximum atomic E-state index is 12.8. The summed E-state index contributed by atoms with van der Waals surface area (Å²) >= 11 is 16.1. The van der Waals surface area contributed by atoms with Gasteiger partial charge in [0.05, 0.1) is 22.6 Å². The second-order valence-corrected chi connectivity index (χ2v) is 10.3. The van der Waals surface area contributed by atoms with Gasteiger partial charge in [0, 0.05) is 10.2 Å². The molecule has 4 rings (SSSR count). The van der Waals surface area contributed by atoms with Crippen LogP contribution in [-0.4, -0.2) is 52.5 Å². The second-order valence-electron chi connectivity index (χ2n) is 8.39. The van der Waals surface area contributed by atoms with Crippen LogP contribution < -0.4 is 5.32 Å². The van der Waals surface area contributed by atoms with Gasteiger partial charge >= 0.3 is 5.97 Å². The van der Waals surface area contributed by atoms with Crippen LogP contribution in [0.25, 0.3) is 0 Å². The Morgan fingerprint density at radius 3 is 2.26 bits per heavy atom. The van der Waals surface area contributed by atoms with Gasteiger partial charge in [-0.1, -0.05) is 15.9 Å². The van der Waals surface area contributed by atoms with E-state index in [9.17, 15) is 19.2 Å². The van der Waals surface area contributed by atoms with Gasteiger partial charge in [-0.2, -0.15) is 0 Å². The number of aryl methyl sites for hydroxylation is 2. The van der Waals surface area contributed by atoms with E-state index in [0.717, 1.165) is 20.5 Å². The molecule has 31 heavy (non-hydrogen) atoms. The van der Waals surface area contributed by atoms with Gasteiger partial charge < -0.3 is 10.1 Å². The van der Waals surface area contributed by atoms with Crippen LogP contribution in [0.5, 0.6) is 0 Å². The summed E-state index contributed by atoms with van der Waals surface area (Å²) in [6.45, 7) is 2.70. The lowest BCUT2D eigenvalue weighted by atomic mass is 9.80. The van der Waals surface area contributed by atoms with E-state index in [1.807, 2.05) is 26.0 Å². The molecule has 1 saturated heterocycles. The summed E-state index contributed by atoms with van der Waals surface area (Å²) in [6, 6.07) is 3.68. The van der Waals surface area contributed by atoms with Crippen molar-refractivity contribution in [2.45, 2.75) is 31.0 Å². The average Bonchev–Trinajstić information content (AvgIpc) is 3.31. The zero-order chi connectivity index (χ0) is 22.6. The highest BCUT2D eigenvalue weighted by Crippen LogP contribution is 2.59. The van der Waals surface area contributed by atoms with Crippen molar-refractivity contribution in [3.8, 4) is 0 Å². The minimum Gasteiger partial charge on any atom is -0.454 e. The average molecular weight is 532 g/mol. The Balaban J connectivity index is 1.33. The zero-order valence-corrected chi connectivity index (χ0v) is 20.0. The minimum absolute atomic E-state index is 0.153. The maximum Gasteiger partial charge on any atom is 0.326 e. The number of anilines is 1. The van der Waals surface area contributed by atoms with Gasteiger partial charge in [-0.15, -0.1) is 23.2 Å². The van der Waals surface area contributed by atoms with Crippen LogP contribution in [0.2, 0.25) is 0 Å². The van der Waals surface area contributed by atoms with Crippen LogP contribution in [-0.2, 0) is 23.9 Å². The number of nitrogens with one attached hydrogen (secondary N) is 1. The normalized spacial score (nSPS) is 31.2. The molecule has 3 aliphatic rings. The number of hydrogen-bond donors (Lipinski definition) is 1. The fourth-order valence-corrected chi connectivity index (χ4v) is 6.34. The van der Waals surface area contributed by atoms with Crippen LogP contribution in [0.3, 0.4) is 0 Å². The molecule has 0 radical (unpaired) electrons. The largest absolute Gasteiger partial charge is 0.454 e. The second kappa shape index (κ2) is 8.37. The third-order valence-electron chi connectivity index (χ3n) is 6.51. The van der Waals surface area contributed by atoms with Crippen LogP contribution in [0.15, 0.2) is 16.6 Å². The number of rotatable bonds is 5. The quantitative estimate of drug-likeness (QED) is 0.358. The van der Waals surface area contributed by atoms with Crippen LogP contribution in [0.4, 0.5) is 5.69 Å².